The van der Waals surface area contributed by atoms with Crippen LogP contribution in [0.25, 0.3) is 0 Å². The molecule has 0 unspecified atom stereocenters. The zero-order valence-corrected chi connectivity index (χ0v) is 21.6. The monoisotopic (exact) mass is 531 g/mol. The minimum Gasteiger partial charge on any atom is -0.481 e. The zero-order valence-electron chi connectivity index (χ0n) is 21.6. The Balaban J connectivity index is 4.45. The molecule has 0 heterocycles. The number of nitrogens with one attached hydrogen (secondary N) is 1. The second-order valence-electron chi connectivity index (χ2n) is 9.00. The lowest BCUT2D eigenvalue weighted by Gasteiger charge is -2.34. The predicted molar refractivity (Wildman–Crippen MR) is 131 cm³/mol. The van der Waals surface area contributed by atoms with E-state index in [1.807, 2.05) is 0 Å². The third-order valence-corrected chi connectivity index (χ3v) is 5.72. The van der Waals surface area contributed by atoms with Gasteiger partial charge in [-0.05, 0) is 44.9 Å². The van der Waals surface area contributed by atoms with E-state index in [1.54, 1.807) is 0 Å². The first kappa shape index (κ1) is 33.8. The molecule has 0 aromatic carbocycles. The van der Waals surface area contributed by atoms with Crippen molar-refractivity contribution < 1.29 is 53.6 Å². The number of esters is 2. The highest BCUT2D eigenvalue weighted by molar-refractivity contribution is 5.91. The van der Waals surface area contributed by atoms with Crippen LogP contribution in [-0.4, -0.2) is 69.8 Å². The van der Waals surface area contributed by atoms with Crippen LogP contribution in [0.1, 0.15) is 103 Å². The molecule has 0 atom stereocenters. The number of carbonyl (C=O) groups is 6. The first-order valence-corrected chi connectivity index (χ1v) is 12.8. The number of carboxylic acids is 3. The van der Waals surface area contributed by atoms with Gasteiger partial charge in [0.25, 0.3) is 0 Å². The van der Waals surface area contributed by atoms with Crippen LogP contribution in [0.15, 0.2) is 0 Å². The molecule has 212 valence electrons. The average Bonchev–Trinajstić information content (AvgIpc) is 2.81. The van der Waals surface area contributed by atoms with Crippen molar-refractivity contribution in [3.05, 3.63) is 0 Å². The first-order chi connectivity index (χ1) is 17.5. The number of ether oxygens (including phenoxy) is 2. The molecule has 0 bridgehead atoms. The molecule has 0 aromatic rings. The van der Waals surface area contributed by atoms with Gasteiger partial charge in [0.15, 0.2) is 0 Å². The lowest BCUT2D eigenvalue weighted by atomic mass is 9.83. The molecular formula is C25H41NO11. The molecule has 0 spiro atoms. The molecule has 0 fully saturated rings. The Hall–Kier alpha value is -3.18. The highest BCUT2D eigenvalue weighted by Crippen LogP contribution is 2.26. The SMILES string of the molecule is CCCCCCOC(=O)CC(=O)OCCCCCC(=O)NC(CCC(=O)O)(CCC(=O)O)CCC(=O)O. The summed E-state index contributed by atoms with van der Waals surface area (Å²) in [5, 5.41) is 29.8. The lowest BCUT2D eigenvalue weighted by molar-refractivity contribution is -0.155. The molecule has 0 rings (SSSR count). The minimum absolute atomic E-state index is 0.0489. The van der Waals surface area contributed by atoms with Crippen molar-refractivity contribution in [3.63, 3.8) is 0 Å². The van der Waals surface area contributed by atoms with Crippen molar-refractivity contribution in [2.45, 2.75) is 109 Å². The highest BCUT2D eigenvalue weighted by atomic mass is 16.6. The molecule has 0 aromatic heterocycles. The normalized spacial score (nSPS) is 10.9. The standard InChI is InChI=1S/C25H41NO11/c1-2-3-4-7-16-36-23(34)18-24(35)37-17-8-5-6-9-19(27)26-25(13-10-20(28)29,14-11-21(30)31)15-12-22(32)33/h2-18H2,1H3,(H,26,27)(H,28,29)(H,30,31)(H,32,33). The zero-order chi connectivity index (χ0) is 28.1. The van der Waals surface area contributed by atoms with Gasteiger partial charge in [-0.3, -0.25) is 28.8 Å². The molecule has 37 heavy (non-hydrogen) atoms. The Morgan fingerprint density at radius 3 is 1.46 bits per heavy atom. The summed E-state index contributed by atoms with van der Waals surface area (Å²) in [6.45, 7) is 2.42. The Morgan fingerprint density at radius 2 is 1.05 bits per heavy atom. The second-order valence-corrected chi connectivity index (χ2v) is 9.00. The van der Waals surface area contributed by atoms with Crippen LogP contribution in [0.4, 0.5) is 0 Å². The summed E-state index contributed by atoms with van der Waals surface area (Å²) in [4.78, 5) is 69.0. The highest BCUT2D eigenvalue weighted by Gasteiger charge is 2.33. The van der Waals surface area contributed by atoms with Gasteiger partial charge in [-0.2, -0.15) is 0 Å². The third kappa shape index (κ3) is 19.7. The Morgan fingerprint density at radius 1 is 0.622 bits per heavy atom. The second kappa shape index (κ2) is 19.9. The van der Waals surface area contributed by atoms with Crippen LogP contribution in [-0.2, 0) is 38.2 Å². The summed E-state index contributed by atoms with van der Waals surface area (Å²) in [5.74, 6) is -5.18. The number of carboxylic acid groups (broad SMARTS) is 3. The molecule has 0 radical (unpaired) electrons. The van der Waals surface area contributed by atoms with Gasteiger partial charge < -0.3 is 30.1 Å². The summed E-state index contributed by atoms with van der Waals surface area (Å²) >= 11 is 0. The first-order valence-electron chi connectivity index (χ1n) is 12.8. The number of carbonyl (C=O) groups excluding carboxylic acids is 3. The number of amides is 1. The van der Waals surface area contributed by atoms with Crippen molar-refractivity contribution >= 4 is 35.8 Å². The van der Waals surface area contributed by atoms with Crippen LogP contribution < -0.4 is 5.32 Å². The maximum Gasteiger partial charge on any atom is 0.317 e. The van der Waals surface area contributed by atoms with Gasteiger partial charge in [0, 0.05) is 31.2 Å². The largest absolute Gasteiger partial charge is 0.481 e. The number of hydrogen-bond acceptors (Lipinski definition) is 8. The van der Waals surface area contributed by atoms with Crippen molar-refractivity contribution in [1.82, 2.24) is 5.32 Å². The summed E-state index contributed by atoms with van der Waals surface area (Å²) in [6, 6.07) is 0. The van der Waals surface area contributed by atoms with Gasteiger partial charge in [-0.25, -0.2) is 0 Å². The molecule has 12 nitrogen and oxygen atoms in total. The predicted octanol–water partition coefficient (Wildman–Crippen LogP) is 3.05. The van der Waals surface area contributed by atoms with Gasteiger partial charge in [0.1, 0.15) is 6.42 Å². The quantitative estimate of drug-likeness (QED) is 0.0859. The Labute approximate surface area is 217 Å². The summed E-state index contributed by atoms with van der Waals surface area (Å²) < 4.78 is 9.98. The fourth-order valence-electron chi connectivity index (χ4n) is 3.64. The summed E-state index contributed by atoms with van der Waals surface area (Å²) in [7, 11) is 0. The van der Waals surface area contributed by atoms with Gasteiger partial charge in [0.05, 0.1) is 13.2 Å². The van der Waals surface area contributed by atoms with E-state index in [1.165, 1.54) is 0 Å². The van der Waals surface area contributed by atoms with E-state index in [9.17, 15) is 28.8 Å². The molecule has 0 aliphatic heterocycles. The average molecular weight is 532 g/mol. The molecule has 0 aliphatic rings. The van der Waals surface area contributed by atoms with Crippen LogP contribution in [0.3, 0.4) is 0 Å². The molecule has 0 aliphatic carbocycles. The summed E-state index contributed by atoms with van der Waals surface area (Å²) in [6.07, 6.45) is 3.49. The van der Waals surface area contributed by atoms with Gasteiger partial charge in [-0.1, -0.05) is 26.2 Å². The molecular weight excluding hydrogens is 490 g/mol. The number of aliphatic carboxylic acids is 3. The lowest BCUT2D eigenvalue weighted by Crippen LogP contribution is -2.49. The summed E-state index contributed by atoms with van der Waals surface area (Å²) in [5.41, 5.74) is -1.26. The van der Waals surface area contributed by atoms with Crippen LogP contribution in [0.2, 0.25) is 0 Å². The number of hydrogen-bond donors (Lipinski definition) is 4. The van der Waals surface area contributed by atoms with Crippen molar-refractivity contribution in [3.8, 4) is 0 Å². The van der Waals surface area contributed by atoms with E-state index in [2.05, 4.69) is 12.2 Å². The maximum absolute atomic E-state index is 12.5. The molecule has 4 N–H and O–H groups in total. The van der Waals surface area contributed by atoms with Gasteiger partial charge >= 0.3 is 29.8 Å². The van der Waals surface area contributed by atoms with Crippen LogP contribution >= 0.6 is 0 Å². The maximum atomic E-state index is 12.5. The smallest absolute Gasteiger partial charge is 0.317 e. The molecule has 0 saturated carbocycles. The van der Waals surface area contributed by atoms with E-state index in [4.69, 9.17) is 24.8 Å². The number of rotatable bonds is 23. The Kier molecular flexibility index (Phi) is 18.2. The van der Waals surface area contributed by atoms with E-state index < -0.39 is 47.7 Å². The van der Waals surface area contributed by atoms with E-state index in [-0.39, 0.29) is 58.2 Å². The molecule has 12 heteroatoms. The molecule has 1 amide bonds. The van der Waals surface area contributed by atoms with E-state index in [0.29, 0.717) is 19.3 Å². The van der Waals surface area contributed by atoms with Crippen molar-refractivity contribution in [2.24, 2.45) is 0 Å². The fourth-order valence-corrected chi connectivity index (χ4v) is 3.64. The van der Waals surface area contributed by atoms with Crippen molar-refractivity contribution in [2.75, 3.05) is 13.2 Å². The van der Waals surface area contributed by atoms with Crippen LogP contribution in [0, 0.1) is 0 Å². The molecule has 0 saturated heterocycles. The van der Waals surface area contributed by atoms with Gasteiger partial charge in [0.2, 0.25) is 5.91 Å². The minimum atomic E-state index is -1.26. The van der Waals surface area contributed by atoms with Crippen molar-refractivity contribution in [1.29, 1.82) is 0 Å². The Bertz CT molecular complexity index is 705. The van der Waals surface area contributed by atoms with Gasteiger partial charge in [-0.15, -0.1) is 0 Å². The third-order valence-electron chi connectivity index (χ3n) is 5.72. The van der Waals surface area contributed by atoms with Crippen LogP contribution in [0.5, 0.6) is 0 Å². The van der Waals surface area contributed by atoms with E-state index in [0.717, 1.165) is 25.7 Å². The topological polar surface area (TPSA) is 194 Å². The fraction of sp³-hybridized carbons (Fsp3) is 0.760. The van der Waals surface area contributed by atoms with E-state index >= 15 is 0 Å². The number of unbranched alkanes of at least 4 members (excludes halogenated alkanes) is 5.